The Kier molecular flexibility index (Phi) is 4.20. The normalized spacial score (nSPS) is 12.9. The molecule has 3 nitrogen and oxygen atoms in total. The molecule has 2 rings (SSSR count). The lowest BCUT2D eigenvalue weighted by molar-refractivity contribution is 0.590. The van der Waals surface area contributed by atoms with Gasteiger partial charge in [-0.25, -0.2) is 4.98 Å². The van der Waals surface area contributed by atoms with Crippen LogP contribution in [-0.2, 0) is 13.0 Å². The zero-order chi connectivity index (χ0) is 12.3. The molecule has 92 valence electrons. The molecule has 2 heterocycles. The molecular weight excluding hydrogens is 254 g/mol. The second-order valence-corrected chi connectivity index (χ2v) is 5.78. The minimum absolute atomic E-state index is 0.0735. The number of nitrogens with zero attached hydrogens (tertiary/aromatic N) is 2. The minimum atomic E-state index is 0.0735. The van der Waals surface area contributed by atoms with E-state index in [1.807, 2.05) is 18.6 Å². The highest BCUT2D eigenvalue weighted by Gasteiger charge is 2.09. The summed E-state index contributed by atoms with van der Waals surface area (Å²) in [6, 6.07) is 4.08. The number of imidazole rings is 1. The number of hydrogen-bond donors (Lipinski definition) is 1. The fourth-order valence-corrected chi connectivity index (χ4v) is 2.83. The van der Waals surface area contributed by atoms with Crippen molar-refractivity contribution in [1.82, 2.24) is 9.55 Å². The second-order valence-electron chi connectivity index (χ2n) is 3.98. The Morgan fingerprint density at radius 1 is 1.53 bits per heavy atom. The molecule has 0 aromatic carbocycles. The summed E-state index contributed by atoms with van der Waals surface area (Å²) in [6.07, 6.45) is 5.60. The molecule has 0 fully saturated rings. The molecule has 2 N–H and O–H groups in total. The number of halogens is 1. The van der Waals surface area contributed by atoms with Crippen molar-refractivity contribution in [3.63, 3.8) is 0 Å². The van der Waals surface area contributed by atoms with Crippen LogP contribution in [0, 0.1) is 0 Å². The summed E-state index contributed by atoms with van der Waals surface area (Å²) < 4.78 is 2.97. The standard InChI is InChI=1S/C12H16ClN3S/c1-2-10(14)11-7-15-8-16(11)6-5-9-3-4-12(13)17-9/h3-4,7-8,10H,2,5-6,14H2,1H3/t10-/m1/s1. The first-order valence-electron chi connectivity index (χ1n) is 5.70. The summed E-state index contributed by atoms with van der Waals surface area (Å²) in [7, 11) is 0. The monoisotopic (exact) mass is 269 g/mol. The fraction of sp³-hybridized carbons (Fsp3) is 0.417. The maximum absolute atomic E-state index is 6.03. The van der Waals surface area contributed by atoms with Gasteiger partial charge >= 0.3 is 0 Å². The van der Waals surface area contributed by atoms with Crippen LogP contribution in [0.5, 0.6) is 0 Å². The van der Waals surface area contributed by atoms with Gasteiger partial charge < -0.3 is 10.3 Å². The number of aromatic nitrogens is 2. The third-order valence-corrected chi connectivity index (χ3v) is 4.08. The van der Waals surface area contributed by atoms with Gasteiger partial charge in [0.05, 0.1) is 16.4 Å². The minimum Gasteiger partial charge on any atom is -0.333 e. The van der Waals surface area contributed by atoms with Crippen molar-refractivity contribution < 1.29 is 0 Å². The number of thiophene rings is 1. The summed E-state index contributed by atoms with van der Waals surface area (Å²) in [5.74, 6) is 0. The molecule has 0 aliphatic heterocycles. The van der Waals surface area contributed by atoms with E-state index in [4.69, 9.17) is 17.3 Å². The molecule has 0 aliphatic carbocycles. The van der Waals surface area contributed by atoms with Crippen LogP contribution in [0.25, 0.3) is 0 Å². The molecule has 0 radical (unpaired) electrons. The van der Waals surface area contributed by atoms with Crippen LogP contribution in [0.15, 0.2) is 24.7 Å². The summed E-state index contributed by atoms with van der Waals surface area (Å²) >= 11 is 7.53. The van der Waals surface area contributed by atoms with Gasteiger partial charge in [-0.1, -0.05) is 18.5 Å². The van der Waals surface area contributed by atoms with E-state index >= 15 is 0 Å². The maximum atomic E-state index is 6.03. The van der Waals surface area contributed by atoms with Gasteiger partial charge in [0, 0.05) is 23.7 Å². The molecule has 0 unspecified atom stereocenters. The van der Waals surface area contributed by atoms with Crippen molar-refractivity contribution in [1.29, 1.82) is 0 Å². The molecule has 0 amide bonds. The van der Waals surface area contributed by atoms with Crippen molar-refractivity contribution in [2.24, 2.45) is 5.73 Å². The smallest absolute Gasteiger partial charge is 0.0948 e. The molecule has 1 atom stereocenters. The first-order valence-corrected chi connectivity index (χ1v) is 6.90. The molecule has 0 bridgehead atoms. The third-order valence-electron chi connectivity index (χ3n) is 2.79. The van der Waals surface area contributed by atoms with E-state index in [1.165, 1.54) is 4.88 Å². The highest BCUT2D eigenvalue weighted by Crippen LogP contribution is 2.22. The first-order chi connectivity index (χ1) is 8.20. The van der Waals surface area contributed by atoms with E-state index in [0.717, 1.165) is 29.4 Å². The van der Waals surface area contributed by atoms with Crippen LogP contribution in [0.3, 0.4) is 0 Å². The van der Waals surface area contributed by atoms with Crippen molar-refractivity contribution in [3.8, 4) is 0 Å². The molecule has 0 saturated carbocycles. The van der Waals surface area contributed by atoms with Crippen LogP contribution in [0.2, 0.25) is 4.34 Å². The van der Waals surface area contributed by atoms with Crippen molar-refractivity contribution in [2.75, 3.05) is 0 Å². The third kappa shape index (κ3) is 3.09. The lowest BCUT2D eigenvalue weighted by atomic mass is 10.2. The second kappa shape index (κ2) is 5.67. The van der Waals surface area contributed by atoms with Gasteiger partial charge in [-0.05, 0) is 25.0 Å². The summed E-state index contributed by atoms with van der Waals surface area (Å²) in [4.78, 5) is 5.46. The van der Waals surface area contributed by atoms with Crippen molar-refractivity contribution in [2.45, 2.75) is 32.4 Å². The molecular formula is C12H16ClN3S. The molecule has 0 spiro atoms. The predicted molar refractivity (Wildman–Crippen MR) is 72.5 cm³/mol. The fourth-order valence-electron chi connectivity index (χ4n) is 1.75. The highest BCUT2D eigenvalue weighted by atomic mass is 35.5. The first kappa shape index (κ1) is 12.6. The number of hydrogen-bond acceptors (Lipinski definition) is 3. The van der Waals surface area contributed by atoms with Crippen LogP contribution >= 0.6 is 22.9 Å². The van der Waals surface area contributed by atoms with Crippen LogP contribution in [0.4, 0.5) is 0 Å². The summed E-state index contributed by atoms with van der Waals surface area (Å²) in [6.45, 7) is 2.99. The summed E-state index contributed by atoms with van der Waals surface area (Å²) in [5.41, 5.74) is 7.14. The van der Waals surface area contributed by atoms with E-state index in [9.17, 15) is 0 Å². The summed E-state index contributed by atoms with van der Waals surface area (Å²) in [5, 5.41) is 0. The van der Waals surface area contributed by atoms with E-state index in [2.05, 4.69) is 22.5 Å². The van der Waals surface area contributed by atoms with E-state index in [-0.39, 0.29) is 6.04 Å². The zero-order valence-electron chi connectivity index (χ0n) is 9.77. The van der Waals surface area contributed by atoms with E-state index in [1.54, 1.807) is 11.3 Å². The quantitative estimate of drug-likeness (QED) is 0.906. The average Bonchev–Trinajstić information content (AvgIpc) is 2.94. The van der Waals surface area contributed by atoms with Crippen molar-refractivity contribution >= 4 is 22.9 Å². The number of nitrogens with two attached hydrogens (primary N) is 1. The Morgan fingerprint density at radius 2 is 2.35 bits per heavy atom. The molecule has 2 aromatic rings. The lowest BCUT2D eigenvalue weighted by Crippen LogP contribution is -2.14. The largest absolute Gasteiger partial charge is 0.333 e. The number of rotatable bonds is 5. The molecule has 2 aromatic heterocycles. The highest BCUT2D eigenvalue weighted by molar-refractivity contribution is 7.16. The predicted octanol–water partition coefficient (Wildman–Crippen LogP) is 3.25. The topological polar surface area (TPSA) is 43.8 Å². The Labute approximate surface area is 110 Å². The van der Waals surface area contributed by atoms with Gasteiger partial charge in [0.2, 0.25) is 0 Å². The molecule has 0 aliphatic rings. The van der Waals surface area contributed by atoms with Crippen LogP contribution in [0.1, 0.15) is 30.0 Å². The van der Waals surface area contributed by atoms with E-state index in [0.29, 0.717) is 0 Å². The van der Waals surface area contributed by atoms with Crippen molar-refractivity contribution in [3.05, 3.63) is 39.6 Å². The van der Waals surface area contributed by atoms with Crippen LogP contribution in [-0.4, -0.2) is 9.55 Å². The molecule has 0 saturated heterocycles. The number of aryl methyl sites for hydroxylation is 2. The van der Waals surface area contributed by atoms with Gasteiger partial charge in [0.25, 0.3) is 0 Å². The molecule has 5 heteroatoms. The lowest BCUT2D eigenvalue weighted by Gasteiger charge is -2.12. The van der Waals surface area contributed by atoms with Gasteiger partial charge in [-0.2, -0.15) is 0 Å². The van der Waals surface area contributed by atoms with E-state index < -0.39 is 0 Å². The van der Waals surface area contributed by atoms with Gasteiger partial charge in [-0.15, -0.1) is 11.3 Å². The Hall–Kier alpha value is -0.840. The van der Waals surface area contributed by atoms with Crippen LogP contribution < -0.4 is 5.73 Å². The van der Waals surface area contributed by atoms with Gasteiger partial charge in [0.15, 0.2) is 0 Å². The van der Waals surface area contributed by atoms with Gasteiger partial charge in [-0.3, -0.25) is 0 Å². The zero-order valence-corrected chi connectivity index (χ0v) is 11.3. The Bertz CT molecular complexity index is 478. The Balaban J connectivity index is 2.01. The SMILES string of the molecule is CC[C@@H](N)c1cncn1CCc1ccc(Cl)s1. The Morgan fingerprint density at radius 3 is 3.00 bits per heavy atom. The molecule has 17 heavy (non-hydrogen) atoms. The maximum Gasteiger partial charge on any atom is 0.0948 e. The van der Waals surface area contributed by atoms with Gasteiger partial charge in [0.1, 0.15) is 0 Å². The average molecular weight is 270 g/mol.